The molecule has 2 atom stereocenters. The Hall–Kier alpha value is -1.22. The van der Waals surface area contributed by atoms with E-state index in [4.69, 9.17) is 0 Å². The monoisotopic (exact) mass is 258 g/mol. The first-order chi connectivity index (χ1) is 9.20. The predicted octanol–water partition coefficient (Wildman–Crippen LogP) is 2.42. The molecule has 0 amide bonds. The summed E-state index contributed by atoms with van der Waals surface area (Å²) in [6, 6.07) is 7.08. The lowest BCUT2D eigenvalue weighted by atomic mass is 9.78. The summed E-state index contributed by atoms with van der Waals surface area (Å²) in [5, 5.41) is 3.64. The lowest BCUT2D eigenvalue weighted by Gasteiger charge is -2.39. The fourth-order valence-electron chi connectivity index (χ4n) is 3.55. The van der Waals surface area contributed by atoms with Crippen molar-refractivity contribution >= 4 is 5.78 Å². The molecule has 19 heavy (non-hydrogen) atoms. The van der Waals surface area contributed by atoms with Gasteiger partial charge in [0.25, 0.3) is 0 Å². The Labute approximate surface area is 114 Å². The van der Waals surface area contributed by atoms with E-state index >= 15 is 0 Å². The van der Waals surface area contributed by atoms with E-state index in [-0.39, 0.29) is 5.92 Å². The molecular weight excluding hydrogens is 236 g/mol. The second kappa shape index (κ2) is 5.41. The summed E-state index contributed by atoms with van der Waals surface area (Å²) in [5.41, 5.74) is 1.92. The number of fused-ring (bicyclic) bond motifs is 2. The molecule has 3 heterocycles. The van der Waals surface area contributed by atoms with Gasteiger partial charge in [-0.2, -0.15) is 0 Å². The standard InChI is InChI=1S/C16H22N2O/c1-11-4-2-5-15(17-11)10-16(19)12-8-13-6-3-7-14(9-12)18-13/h2,4-5,12-14,18H,3,6-10H2,1H3. The van der Waals surface area contributed by atoms with Gasteiger partial charge in [-0.1, -0.05) is 12.5 Å². The van der Waals surface area contributed by atoms with Crippen LogP contribution in [0.2, 0.25) is 0 Å². The average molecular weight is 258 g/mol. The molecule has 0 aliphatic carbocycles. The third kappa shape index (κ3) is 3.03. The van der Waals surface area contributed by atoms with Gasteiger partial charge in [0, 0.05) is 35.8 Å². The number of carbonyl (C=O) groups excluding carboxylic acids is 1. The van der Waals surface area contributed by atoms with E-state index in [0.717, 1.165) is 24.2 Å². The molecule has 0 radical (unpaired) electrons. The summed E-state index contributed by atoms with van der Waals surface area (Å²) in [7, 11) is 0. The lowest BCUT2D eigenvalue weighted by molar-refractivity contribution is -0.124. The van der Waals surface area contributed by atoms with Crippen molar-refractivity contribution in [3.8, 4) is 0 Å². The topological polar surface area (TPSA) is 42.0 Å². The number of hydrogen-bond donors (Lipinski definition) is 1. The minimum absolute atomic E-state index is 0.249. The molecule has 3 nitrogen and oxygen atoms in total. The van der Waals surface area contributed by atoms with E-state index < -0.39 is 0 Å². The van der Waals surface area contributed by atoms with Gasteiger partial charge in [-0.15, -0.1) is 0 Å². The van der Waals surface area contributed by atoms with Crippen LogP contribution in [0.3, 0.4) is 0 Å². The average Bonchev–Trinajstić information content (AvgIpc) is 2.38. The van der Waals surface area contributed by atoms with E-state index in [1.54, 1.807) is 0 Å². The maximum absolute atomic E-state index is 12.4. The van der Waals surface area contributed by atoms with Crippen LogP contribution in [-0.2, 0) is 11.2 Å². The van der Waals surface area contributed by atoms with Gasteiger partial charge in [-0.25, -0.2) is 0 Å². The van der Waals surface area contributed by atoms with Crippen molar-refractivity contribution in [1.29, 1.82) is 0 Å². The second-order valence-corrected chi connectivity index (χ2v) is 6.07. The fraction of sp³-hybridized carbons (Fsp3) is 0.625. The van der Waals surface area contributed by atoms with Crippen LogP contribution in [0.5, 0.6) is 0 Å². The smallest absolute Gasteiger partial charge is 0.142 e. The Balaban J connectivity index is 1.64. The Kier molecular flexibility index (Phi) is 3.65. The first-order valence-electron chi connectivity index (χ1n) is 7.42. The molecule has 2 unspecified atom stereocenters. The van der Waals surface area contributed by atoms with Crippen molar-refractivity contribution < 1.29 is 4.79 Å². The van der Waals surface area contributed by atoms with Crippen LogP contribution in [0.25, 0.3) is 0 Å². The van der Waals surface area contributed by atoms with E-state index in [0.29, 0.717) is 24.3 Å². The van der Waals surface area contributed by atoms with Crippen LogP contribution in [0.15, 0.2) is 18.2 Å². The number of carbonyl (C=O) groups is 1. The molecule has 2 aliphatic rings. The van der Waals surface area contributed by atoms with Crippen molar-refractivity contribution in [3.05, 3.63) is 29.6 Å². The minimum atomic E-state index is 0.249. The zero-order valence-electron chi connectivity index (χ0n) is 11.6. The van der Waals surface area contributed by atoms with E-state index in [1.807, 2.05) is 25.1 Å². The number of hydrogen-bond acceptors (Lipinski definition) is 3. The molecule has 102 valence electrons. The number of Topliss-reactive ketones (excluding diaryl/α,β-unsaturated/α-hetero) is 1. The highest BCUT2D eigenvalue weighted by atomic mass is 16.1. The molecule has 0 saturated carbocycles. The van der Waals surface area contributed by atoms with E-state index in [1.165, 1.54) is 19.3 Å². The Morgan fingerprint density at radius 1 is 1.32 bits per heavy atom. The number of piperidine rings is 2. The summed E-state index contributed by atoms with van der Waals surface area (Å²) in [4.78, 5) is 16.9. The Morgan fingerprint density at radius 2 is 2.05 bits per heavy atom. The normalized spacial score (nSPS) is 30.1. The summed E-state index contributed by atoms with van der Waals surface area (Å²) >= 11 is 0. The van der Waals surface area contributed by atoms with Crippen LogP contribution in [0.4, 0.5) is 0 Å². The number of rotatable bonds is 3. The van der Waals surface area contributed by atoms with Crippen molar-refractivity contribution in [2.45, 2.75) is 57.5 Å². The first kappa shape index (κ1) is 12.8. The Morgan fingerprint density at radius 3 is 2.74 bits per heavy atom. The van der Waals surface area contributed by atoms with Gasteiger partial charge in [-0.3, -0.25) is 9.78 Å². The molecular formula is C16H22N2O. The summed E-state index contributed by atoms with van der Waals surface area (Å²) in [5.74, 6) is 0.635. The highest BCUT2D eigenvalue weighted by Gasteiger charge is 2.34. The van der Waals surface area contributed by atoms with Crippen molar-refractivity contribution in [2.75, 3.05) is 0 Å². The van der Waals surface area contributed by atoms with Gasteiger partial charge >= 0.3 is 0 Å². The molecule has 2 fully saturated rings. The summed E-state index contributed by atoms with van der Waals surface area (Å²) in [6.07, 6.45) is 6.36. The van der Waals surface area contributed by atoms with Gasteiger partial charge in [0.05, 0.1) is 0 Å². The highest BCUT2D eigenvalue weighted by Crippen LogP contribution is 2.30. The van der Waals surface area contributed by atoms with Crippen LogP contribution in [0.1, 0.15) is 43.5 Å². The molecule has 1 aromatic heterocycles. The molecule has 2 aliphatic heterocycles. The maximum Gasteiger partial charge on any atom is 0.142 e. The molecule has 1 N–H and O–H groups in total. The van der Waals surface area contributed by atoms with E-state index in [9.17, 15) is 4.79 Å². The van der Waals surface area contributed by atoms with Gasteiger partial charge in [-0.05, 0) is 44.7 Å². The van der Waals surface area contributed by atoms with Gasteiger partial charge in [0.2, 0.25) is 0 Å². The van der Waals surface area contributed by atoms with Crippen LogP contribution in [0, 0.1) is 12.8 Å². The molecule has 0 spiro atoms. The number of nitrogens with zero attached hydrogens (tertiary/aromatic N) is 1. The third-order valence-electron chi connectivity index (χ3n) is 4.47. The van der Waals surface area contributed by atoms with Gasteiger partial charge in [0.1, 0.15) is 5.78 Å². The third-order valence-corrected chi connectivity index (χ3v) is 4.47. The van der Waals surface area contributed by atoms with Crippen molar-refractivity contribution in [2.24, 2.45) is 5.92 Å². The Bertz CT molecular complexity index is 460. The first-order valence-corrected chi connectivity index (χ1v) is 7.42. The molecule has 1 aromatic rings. The molecule has 0 aromatic carbocycles. The second-order valence-electron chi connectivity index (χ2n) is 6.07. The zero-order chi connectivity index (χ0) is 13.2. The molecule has 3 heteroatoms. The van der Waals surface area contributed by atoms with Crippen molar-refractivity contribution in [3.63, 3.8) is 0 Å². The van der Waals surface area contributed by atoms with Crippen LogP contribution < -0.4 is 5.32 Å². The summed E-state index contributed by atoms with van der Waals surface area (Å²) < 4.78 is 0. The summed E-state index contributed by atoms with van der Waals surface area (Å²) in [6.45, 7) is 1.98. The molecule has 3 rings (SSSR count). The zero-order valence-corrected chi connectivity index (χ0v) is 11.6. The molecule has 2 saturated heterocycles. The van der Waals surface area contributed by atoms with Gasteiger partial charge in [0.15, 0.2) is 0 Å². The van der Waals surface area contributed by atoms with E-state index in [2.05, 4.69) is 10.3 Å². The number of nitrogens with one attached hydrogen (secondary N) is 1. The number of aromatic nitrogens is 1. The largest absolute Gasteiger partial charge is 0.311 e. The fourth-order valence-corrected chi connectivity index (χ4v) is 3.55. The van der Waals surface area contributed by atoms with Crippen molar-refractivity contribution in [1.82, 2.24) is 10.3 Å². The lowest BCUT2D eigenvalue weighted by Crippen LogP contribution is -2.50. The minimum Gasteiger partial charge on any atom is -0.311 e. The quantitative estimate of drug-likeness (QED) is 0.905. The highest BCUT2D eigenvalue weighted by molar-refractivity contribution is 5.83. The number of aryl methyl sites for hydroxylation is 1. The van der Waals surface area contributed by atoms with Crippen LogP contribution >= 0.6 is 0 Å². The molecule has 2 bridgehead atoms. The van der Waals surface area contributed by atoms with Gasteiger partial charge < -0.3 is 5.32 Å². The maximum atomic E-state index is 12.4. The number of pyridine rings is 1. The SMILES string of the molecule is Cc1cccc(CC(=O)C2CC3CCCC(C2)N3)n1. The number of ketones is 1. The van der Waals surface area contributed by atoms with Crippen LogP contribution in [-0.4, -0.2) is 22.9 Å². The predicted molar refractivity (Wildman–Crippen MR) is 75.0 cm³/mol.